The lowest BCUT2D eigenvalue weighted by molar-refractivity contribution is -0.137. The summed E-state index contributed by atoms with van der Waals surface area (Å²) in [6.07, 6.45) is 0.563. The van der Waals surface area contributed by atoms with Crippen LogP contribution in [0.4, 0.5) is 4.79 Å². The zero-order valence-corrected chi connectivity index (χ0v) is 15.8. The number of ether oxygens (including phenoxy) is 1. The van der Waals surface area contributed by atoms with E-state index in [0.717, 1.165) is 5.56 Å². The molecule has 2 unspecified atom stereocenters. The number of aromatic nitrogens is 3. The molecule has 1 fully saturated rings. The lowest BCUT2D eigenvalue weighted by atomic mass is 10.0. The van der Waals surface area contributed by atoms with Crippen LogP contribution in [0.25, 0.3) is 0 Å². The minimum absolute atomic E-state index is 0.0000166. The minimum Gasteiger partial charge on any atom is -0.481 e. The Morgan fingerprint density at radius 1 is 1.39 bits per heavy atom. The second-order valence-electron chi connectivity index (χ2n) is 6.85. The molecular weight excluding hydrogens is 362 g/mol. The van der Waals surface area contributed by atoms with Crippen molar-refractivity contribution >= 4 is 12.0 Å². The maximum atomic E-state index is 12.8. The number of urea groups is 1. The van der Waals surface area contributed by atoms with Crippen LogP contribution < -0.4 is 5.32 Å². The minimum atomic E-state index is -0.876. The number of amides is 2. The summed E-state index contributed by atoms with van der Waals surface area (Å²) >= 11 is 0. The number of nitrogens with one attached hydrogen (secondary N) is 2. The van der Waals surface area contributed by atoms with Crippen molar-refractivity contribution in [1.29, 1.82) is 0 Å². The molecule has 3 N–H and O–H groups in total. The monoisotopic (exact) mass is 387 g/mol. The van der Waals surface area contributed by atoms with Crippen molar-refractivity contribution in [2.45, 2.75) is 38.3 Å². The third kappa shape index (κ3) is 5.53. The molecule has 2 aromatic rings. The Morgan fingerprint density at radius 3 is 2.86 bits per heavy atom. The highest BCUT2D eigenvalue weighted by atomic mass is 16.5. The molecular formula is C19H25N5O4. The van der Waals surface area contributed by atoms with Gasteiger partial charge in [-0.3, -0.25) is 9.89 Å². The van der Waals surface area contributed by atoms with Gasteiger partial charge in [-0.1, -0.05) is 30.3 Å². The standard InChI is InChI=1S/C19H25N5O4/c1-13-20-18(23-22-13)16-12-24(9-10-28-16)19(27)21-15(7-8-17(25)26)11-14-5-3-2-4-6-14/h2-6,15-16H,7-12H2,1H3,(H,21,27)(H,25,26)(H,20,22,23). The van der Waals surface area contributed by atoms with Gasteiger partial charge in [0, 0.05) is 19.0 Å². The summed E-state index contributed by atoms with van der Waals surface area (Å²) in [5.74, 6) is 0.345. The first-order chi connectivity index (χ1) is 13.5. The SMILES string of the molecule is Cc1nc(C2CN(C(=O)NC(CCC(=O)O)Cc3ccccc3)CCO2)n[nH]1. The number of carboxylic acid groups (broad SMARTS) is 1. The highest BCUT2D eigenvalue weighted by molar-refractivity contribution is 5.75. The summed E-state index contributed by atoms with van der Waals surface area (Å²) in [6.45, 7) is 3.01. The third-order valence-electron chi connectivity index (χ3n) is 4.62. The number of aryl methyl sites for hydroxylation is 1. The summed E-state index contributed by atoms with van der Waals surface area (Å²) < 4.78 is 5.69. The average Bonchev–Trinajstić information content (AvgIpc) is 3.13. The zero-order valence-electron chi connectivity index (χ0n) is 15.8. The van der Waals surface area contributed by atoms with E-state index in [-0.39, 0.29) is 24.6 Å². The number of aliphatic carboxylic acids is 1. The van der Waals surface area contributed by atoms with Crippen molar-refractivity contribution in [2.75, 3.05) is 19.7 Å². The first-order valence-corrected chi connectivity index (χ1v) is 9.33. The third-order valence-corrected chi connectivity index (χ3v) is 4.62. The molecule has 0 aliphatic carbocycles. The Labute approximate surface area is 163 Å². The Hall–Kier alpha value is -2.94. The first-order valence-electron chi connectivity index (χ1n) is 9.33. The molecule has 2 heterocycles. The summed E-state index contributed by atoms with van der Waals surface area (Å²) in [4.78, 5) is 29.7. The number of carboxylic acids is 1. The van der Waals surface area contributed by atoms with E-state index in [2.05, 4.69) is 20.5 Å². The fourth-order valence-corrected chi connectivity index (χ4v) is 3.18. The maximum Gasteiger partial charge on any atom is 0.317 e. The molecule has 1 saturated heterocycles. The van der Waals surface area contributed by atoms with E-state index >= 15 is 0 Å². The van der Waals surface area contributed by atoms with Crippen LogP contribution in [0, 0.1) is 6.92 Å². The van der Waals surface area contributed by atoms with Crippen LogP contribution >= 0.6 is 0 Å². The van der Waals surface area contributed by atoms with Crippen LogP contribution in [0.3, 0.4) is 0 Å². The molecule has 1 aromatic heterocycles. The number of aromatic amines is 1. The van der Waals surface area contributed by atoms with Crippen molar-refractivity contribution in [2.24, 2.45) is 0 Å². The van der Waals surface area contributed by atoms with Gasteiger partial charge in [0.2, 0.25) is 0 Å². The van der Waals surface area contributed by atoms with Gasteiger partial charge in [0.05, 0.1) is 13.2 Å². The van der Waals surface area contributed by atoms with Gasteiger partial charge in [0.15, 0.2) is 5.82 Å². The van der Waals surface area contributed by atoms with Gasteiger partial charge < -0.3 is 20.1 Å². The quantitative estimate of drug-likeness (QED) is 0.665. The van der Waals surface area contributed by atoms with E-state index in [1.165, 1.54) is 0 Å². The fourth-order valence-electron chi connectivity index (χ4n) is 3.18. The second-order valence-corrected chi connectivity index (χ2v) is 6.85. The van der Waals surface area contributed by atoms with Crippen molar-refractivity contribution in [3.8, 4) is 0 Å². The topological polar surface area (TPSA) is 120 Å². The van der Waals surface area contributed by atoms with Crippen molar-refractivity contribution in [3.63, 3.8) is 0 Å². The number of hydrogen-bond acceptors (Lipinski definition) is 5. The molecule has 0 radical (unpaired) electrons. The number of H-pyrrole nitrogens is 1. The van der Waals surface area contributed by atoms with Gasteiger partial charge in [-0.15, -0.1) is 0 Å². The molecule has 9 heteroatoms. The van der Waals surface area contributed by atoms with E-state index in [1.54, 1.807) is 11.8 Å². The number of rotatable bonds is 7. The molecule has 2 amide bonds. The first kappa shape index (κ1) is 19.8. The second kappa shape index (κ2) is 9.32. The lowest BCUT2D eigenvalue weighted by Crippen LogP contribution is -2.50. The van der Waals surface area contributed by atoms with Crippen molar-refractivity contribution in [1.82, 2.24) is 25.4 Å². The van der Waals surface area contributed by atoms with E-state index in [1.807, 2.05) is 30.3 Å². The van der Waals surface area contributed by atoms with Gasteiger partial charge in [0.1, 0.15) is 11.9 Å². The predicted molar refractivity (Wildman–Crippen MR) is 101 cm³/mol. The van der Waals surface area contributed by atoms with Crippen LogP contribution in [-0.4, -0.2) is 62.9 Å². The molecule has 150 valence electrons. The van der Waals surface area contributed by atoms with Gasteiger partial charge in [-0.2, -0.15) is 5.10 Å². The molecule has 0 spiro atoms. The highest BCUT2D eigenvalue weighted by Crippen LogP contribution is 2.19. The molecule has 2 atom stereocenters. The normalized spacial score (nSPS) is 17.9. The number of morpholine rings is 1. The van der Waals surface area contributed by atoms with Gasteiger partial charge in [0.25, 0.3) is 0 Å². The highest BCUT2D eigenvalue weighted by Gasteiger charge is 2.29. The Morgan fingerprint density at radius 2 is 2.18 bits per heavy atom. The van der Waals surface area contributed by atoms with Gasteiger partial charge >= 0.3 is 12.0 Å². The Bertz CT molecular complexity index is 795. The summed E-state index contributed by atoms with van der Waals surface area (Å²) in [6, 6.07) is 9.22. The largest absolute Gasteiger partial charge is 0.481 e. The average molecular weight is 387 g/mol. The van der Waals surface area contributed by atoms with E-state index < -0.39 is 5.97 Å². The summed E-state index contributed by atoms with van der Waals surface area (Å²) in [7, 11) is 0. The summed E-state index contributed by atoms with van der Waals surface area (Å²) in [5, 5.41) is 18.9. The van der Waals surface area contributed by atoms with Crippen LogP contribution in [0.2, 0.25) is 0 Å². The van der Waals surface area contributed by atoms with Crippen LogP contribution in [0.1, 0.15) is 36.2 Å². The lowest BCUT2D eigenvalue weighted by Gasteiger charge is -2.33. The molecule has 1 aromatic carbocycles. The molecule has 3 rings (SSSR count). The number of benzene rings is 1. The van der Waals surface area contributed by atoms with Crippen LogP contribution in [-0.2, 0) is 16.0 Å². The zero-order chi connectivity index (χ0) is 19.9. The van der Waals surface area contributed by atoms with Gasteiger partial charge in [-0.25, -0.2) is 9.78 Å². The van der Waals surface area contributed by atoms with E-state index in [4.69, 9.17) is 9.84 Å². The van der Waals surface area contributed by atoms with Crippen LogP contribution in [0.15, 0.2) is 30.3 Å². The predicted octanol–water partition coefficient (Wildman–Crippen LogP) is 1.67. The number of nitrogens with zero attached hydrogens (tertiary/aromatic N) is 3. The Kier molecular flexibility index (Phi) is 6.59. The molecule has 0 saturated carbocycles. The van der Waals surface area contributed by atoms with Crippen LogP contribution in [0.5, 0.6) is 0 Å². The van der Waals surface area contributed by atoms with Crippen molar-refractivity contribution in [3.05, 3.63) is 47.5 Å². The number of carbonyl (C=O) groups is 2. The maximum absolute atomic E-state index is 12.8. The molecule has 9 nitrogen and oxygen atoms in total. The molecule has 28 heavy (non-hydrogen) atoms. The summed E-state index contributed by atoms with van der Waals surface area (Å²) in [5.41, 5.74) is 1.05. The molecule has 0 bridgehead atoms. The number of hydrogen-bond donors (Lipinski definition) is 3. The fraction of sp³-hybridized carbons (Fsp3) is 0.474. The van der Waals surface area contributed by atoms with E-state index in [0.29, 0.717) is 44.2 Å². The molecule has 1 aliphatic rings. The Balaban J connectivity index is 1.62. The van der Waals surface area contributed by atoms with E-state index in [9.17, 15) is 9.59 Å². The number of carbonyl (C=O) groups excluding carboxylic acids is 1. The van der Waals surface area contributed by atoms with Crippen molar-refractivity contribution < 1.29 is 19.4 Å². The van der Waals surface area contributed by atoms with Gasteiger partial charge in [-0.05, 0) is 25.3 Å². The smallest absolute Gasteiger partial charge is 0.317 e. The molecule has 1 aliphatic heterocycles.